The van der Waals surface area contributed by atoms with Crippen LogP contribution in [0.25, 0.3) is 0 Å². The first-order valence-electron chi connectivity index (χ1n) is 9.73. The SMILES string of the molecule is O=C(N[C@@H]1CCSc2ccccc21)[C@H]1CCCN(S(=O)(=O)c2ccc(Cl)cc2)C1. The first kappa shape index (κ1) is 20.7. The van der Waals surface area contributed by atoms with E-state index in [1.165, 1.54) is 21.3 Å². The van der Waals surface area contributed by atoms with E-state index in [0.717, 1.165) is 17.7 Å². The molecule has 2 aromatic rings. The van der Waals surface area contributed by atoms with E-state index in [4.69, 9.17) is 11.6 Å². The molecule has 29 heavy (non-hydrogen) atoms. The van der Waals surface area contributed by atoms with E-state index in [1.807, 2.05) is 23.9 Å². The van der Waals surface area contributed by atoms with E-state index in [1.54, 1.807) is 12.1 Å². The van der Waals surface area contributed by atoms with Crippen LogP contribution in [-0.2, 0) is 14.8 Å². The maximum Gasteiger partial charge on any atom is 0.243 e. The third kappa shape index (κ3) is 4.48. The van der Waals surface area contributed by atoms with Gasteiger partial charge in [0.2, 0.25) is 15.9 Å². The lowest BCUT2D eigenvalue weighted by Gasteiger charge is -2.33. The lowest BCUT2D eigenvalue weighted by Crippen LogP contribution is -2.46. The summed E-state index contributed by atoms with van der Waals surface area (Å²) in [4.78, 5) is 14.4. The lowest BCUT2D eigenvalue weighted by molar-refractivity contribution is -0.126. The van der Waals surface area contributed by atoms with Crippen molar-refractivity contribution in [3.8, 4) is 0 Å². The molecule has 2 aliphatic rings. The summed E-state index contributed by atoms with van der Waals surface area (Å²) in [7, 11) is -3.64. The second-order valence-corrected chi connectivity index (χ2v) is 10.9. The van der Waals surface area contributed by atoms with Crippen LogP contribution in [0.2, 0.25) is 5.02 Å². The van der Waals surface area contributed by atoms with Crippen molar-refractivity contribution in [1.82, 2.24) is 9.62 Å². The van der Waals surface area contributed by atoms with Gasteiger partial charge in [-0.2, -0.15) is 4.31 Å². The number of carbonyl (C=O) groups is 1. The first-order chi connectivity index (χ1) is 13.9. The molecule has 154 valence electrons. The zero-order chi connectivity index (χ0) is 20.4. The second kappa shape index (κ2) is 8.68. The Morgan fingerprint density at radius 1 is 1.10 bits per heavy atom. The van der Waals surface area contributed by atoms with Crippen LogP contribution in [0.15, 0.2) is 58.3 Å². The highest BCUT2D eigenvalue weighted by Crippen LogP contribution is 2.36. The average molecular weight is 451 g/mol. The lowest BCUT2D eigenvalue weighted by atomic mass is 9.97. The fourth-order valence-electron chi connectivity index (χ4n) is 3.91. The van der Waals surface area contributed by atoms with Crippen LogP contribution in [0.3, 0.4) is 0 Å². The number of nitrogens with one attached hydrogen (secondary N) is 1. The number of amides is 1. The molecule has 0 aromatic heterocycles. The van der Waals surface area contributed by atoms with E-state index < -0.39 is 10.0 Å². The Balaban J connectivity index is 1.46. The number of piperidine rings is 1. The van der Waals surface area contributed by atoms with Gasteiger partial charge in [0.1, 0.15) is 0 Å². The Bertz CT molecular complexity index is 995. The highest BCUT2D eigenvalue weighted by Gasteiger charge is 2.34. The maximum absolute atomic E-state index is 13.0. The second-order valence-electron chi connectivity index (χ2n) is 7.39. The van der Waals surface area contributed by atoms with E-state index >= 15 is 0 Å². The van der Waals surface area contributed by atoms with Crippen molar-refractivity contribution in [2.75, 3.05) is 18.8 Å². The quantitative estimate of drug-likeness (QED) is 0.761. The van der Waals surface area contributed by atoms with Crippen LogP contribution in [-0.4, -0.2) is 37.5 Å². The third-order valence-electron chi connectivity index (χ3n) is 5.48. The summed E-state index contributed by atoms with van der Waals surface area (Å²) in [5.41, 5.74) is 1.15. The van der Waals surface area contributed by atoms with Crippen LogP contribution in [0, 0.1) is 5.92 Å². The molecule has 0 unspecified atom stereocenters. The van der Waals surface area contributed by atoms with Crippen LogP contribution in [0.1, 0.15) is 30.9 Å². The Morgan fingerprint density at radius 2 is 1.86 bits per heavy atom. The van der Waals surface area contributed by atoms with Crippen molar-refractivity contribution in [3.63, 3.8) is 0 Å². The van der Waals surface area contributed by atoms with E-state index in [2.05, 4.69) is 17.4 Å². The van der Waals surface area contributed by atoms with Crippen molar-refractivity contribution in [2.24, 2.45) is 5.92 Å². The molecule has 4 rings (SSSR count). The molecule has 2 atom stereocenters. The van der Waals surface area contributed by atoms with Crippen LogP contribution >= 0.6 is 23.4 Å². The van der Waals surface area contributed by atoms with Gasteiger partial charge in [-0.25, -0.2) is 8.42 Å². The van der Waals surface area contributed by atoms with Gasteiger partial charge in [-0.3, -0.25) is 4.79 Å². The minimum Gasteiger partial charge on any atom is -0.349 e. The molecule has 2 aromatic carbocycles. The topological polar surface area (TPSA) is 66.5 Å². The van der Waals surface area contributed by atoms with Gasteiger partial charge in [-0.1, -0.05) is 29.8 Å². The summed E-state index contributed by atoms with van der Waals surface area (Å²) >= 11 is 7.69. The smallest absolute Gasteiger partial charge is 0.243 e. The molecule has 1 saturated heterocycles. The molecule has 1 fully saturated rings. The van der Waals surface area contributed by atoms with Crippen LogP contribution in [0.5, 0.6) is 0 Å². The number of rotatable bonds is 4. The van der Waals surface area contributed by atoms with Crippen molar-refractivity contribution >= 4 is 39.3 Å². The van der Waals surface area contributed by atoms with Crippen molar-refractivity contribution in [1.29, 1.82) is 0 Å². The van der Waals surface area contributed by atoms with Crippen molar-refractivity contribution in [2.45, 2.75) is 35.1 Å². The highest BCUT2D eigenvalue weighted by atomic mass is 35.5. The molecule has 2 heterocycles. The number of nitrogens with zero attached hydrogens (tertiary/aromatic N) is 1. The normalized spacial score (nSPS) is 22.7. The molecule has 1 amide bonds. The number of fused-ring (bicyclic) bond motifs is 1. The van der Waals surface area contributed by atoms with Gasteiger partial charge in [-0.05, 0) is 55.2 Å². The van der Waals surface area contributed by atoms with Crippen LogP contribution in [0.4, 0.5) is 0 Å². The molecule has 5 nitrogen and oxygen atoms in total. The number of carbonyl (C=O) groups excluding carboxylic acids is 1. The number of hydrogen-bond donors (Lipinski definition) is 1. The number of sulfonamides is 1. The third-order valence-corrected chi connectivity index (χ3v) is 8.74. The number of benzene rings is 2. The van der Waals surface area contributed by atoms with Crippen molar-refractivity contribution in [3.05, 3.63) is 59.1 Å². The fraction of sp³-hybridized carbons (Fsp3) is 0.381. The Labute approximate surface area is 180 Å². The van der Waals surface area contributed by atoms with Gasteiger partial charge < -0.3 is 5.32 Å². The number of hydrogen-bond acceptors (Lipinski definition) is 4. The standard InChI is InChI=1S/C21H23ClN2O3S2/c22-16-7-9-17(10-8-16)29(26,27)24-12-3-4-15(14-24)21(25)23-19-11-13-28-20-6-2-1-5-18(19)20/h1-2,5-10,15,19H,3-4,11-14H2,(H,23,25)/t15-,19+/m0/s1. The minimum atomic E-state index is -3.64. The summed E-state index contributed by atoms with van der Waals surface area (Å²) in [6, 6.07) is 14.3. The predicted molar refractivity (Wildman–Crippen MR) is 116 cm³/mol. The summed E-state index contributed by atoms with van der Waals surface area (Å²) in [6.07, 6.45) is 2.25. The first-order valence-corrected chi connectivity index (χ1v) is 12.5. The summed E-state index contributed by atoms with van der Waals surface area (Å²) in [6.45, 7) is 0.636. The highest BCUT2D eigenvalue weighted by molar-refractivity contribution is 7.99. The molecule has 0 radical (unpaired) electrons. The summed E-state index contributed by atoms with van der Waals surface area (Å²) in [5.74, 6) is 0.559. The average Bonchev–Trinajstić information content (AvgIpc) is 2.74. The number of halogens is 1. The molecule has 0 spiro atoms. The number of thioether (sulfide) groups is 1. The zero-order valence-corrected chi connectivity index (χ0v) is 18.3. The van der Waals surface area contributed by atoms with E-state index in [9.17, 15) is 13.2 Å². The Morgan fingerprint density at radius 3 is 2.66 bits per heavy atom. The van der Waals surface area contributed by atoms with Gasteiger partial charge in [-0.15, -0.1) is 11.8 Å². The molecule has 0 saturated carbocycles. The molecular formula is C21H23ClN2O3S2. The Hall–Kier alpha value is -1.54. The molecule has 1 N–H and O–H groups in total. The molecule has 8 heteroatoms. The molecular weight excluding hydrogens is 428 g/mol. The summed E-state index contributed by atoms with van der Waals surface area (Å²) in [5, 5.41) is 3.66. The molecule has 0 aliphatic carbocycles. The van der Waals surface area contributed by atoms with Gasteiger partial charge in [0.25, 0.3) is 0 Å². The van der Waals surface area contributed by atoms with Gasteiger partial charge >= 0.3 is 0 Å². The van der Waals surface area contributed by atoms with Gasteiger partial charge in [0.15, 0.2) is 0 Å². The van der Waals surface area contributed by atoms with Crippen LogP contribution < -0.4 is 5.32 Å². The zero-order valence-electron chi connectivity index (χ0n) is 15.9. The molecule has 0 bridgehead atoms. The monoisotopic (exact) mass is 450 g/mol. The van der Waals surface area contributed by atoms with E-state index in [0.29, 0.717) is 24.4 Å². The van der Waals surface area contributed by atoms with Gasteiger partial charge in [0.05, 0.1) is 16.9 Å². The minimum absolute atomic E-state index is 0.0109. The van der Waals surface area contributed by atoms with E-state index in [-0.39, 0.29) is 29.3 Å². The largest absolute Gasteiger partial charge is 0.349 e. The Kier molecular flexibility index (Phi) is 6.20. The maximum atomic E-state index is 13.0. The predicted octanol–water partition coefficient (Wildman–Crippen LogP) is 4.09. The van der Waals surface area contributed by atoms with Crippen molar-refractivity contribution < 1.29 is 13.2 Å². The summed E-state index contributed by atoms with van der Waals surface area (Å²) < 4.78 is 27.4. The van der Waals surface area contributed by atoms with Gasteiger partial charge in [0, 0.05) is 28.8 Å². The fourth-order valence-corrected chi connectivity index (χ4v) is 6.69. The molecule has 2 aliphatic heterocycles.